The van der Waals surface area contributed by atoms with Gasteiger partial charge in [0, 0.05) is 13.2 Å². The Labute approximate surface area is 99.0 Å². The summed E-state index contributed by atoms with van der Waals surface area (Å²) in [6.45, 7) is 2.98. The van der Waals surface area contributed by atoms with E-state index in [1.165, 1.54) is 0 Å². The molecule has 0 radical (unpaired) electrons. The van der Waals surface area contributed by atoms with E-state index in [9.17, 15) is 26.7 Å². The molecule has 0 aromatic carbocycles. The highest BCUT2D eigenvalue weighted by molar-refractivity contribution is 5.81. The average Bonchev–Trinajstić information content (AvgIpc) is 2.22. The van der Waals surface area contributed by atoms with Crippen molar-refractivity contribution in [1.82, 2.24) is 0 Å². The van der Waals surface area contributed by atoms with Crippen LogP contribution in [0, 0.1) is 0 Å². The Balaban J connectivity index is 4.67. The molecule has 2 unspecified atom stereocenters. The van der Waals surface area contributed by atoms with Gasteiger partial charge >= 0.3 is 18.1 Å². The van der Waals surface area contributed by atoms with Crippen molar-refractivity contribution < 1.29 is 41.3 Å². The van der Waals surface area contributed by atoms with Gasteiger partial charge in [0.2, 0.25) is 6.29 Å². The van der Waals surface area contributed by atoms with Crippen LogP contribution in [-0.4, -0.2) is 42.7 Å². The molecule has 0 bridgehead atoms. The number of carbonyl (C=O) groups excluding carboxylic acids is 1. The fourth-order valence-electron chi connectivity index (χ4n) is 0.921. The molecular weight excluding hydrogens is 267 g/mol. The van der Waals surface area contributed by atoms with E-state index in [2.05, 4.69) is 16.1 Å². The third kappa shape index (κ3) is 4.57. The minimum Gasteiger partial charge on any atom is -0.430 e. The first-order valence-electron chi connectivity index (χ1n) is 4.53. The summed E-state index contributed by atoms with van der Waals surface area (Å²) in [6.07, 6.45) is -11.4. The molecule has 0 spiro atoms. The number of methoxy groups -OCH3 is 1. The molecule has 0 amide bonds. The lowest BCUT2D eigenvalue weighted by Crippen LogP contribution is -2.44. The molecule has 1 N–H and O–H groups in total. The normalized spacial score (nSPS) is 15.9. The number of alkyl halides is 5. The molecule has 9 heteroatoms. The lowest BCUT2D eigenvalue weighted by Gasteiger charge is -2.26. The molecule has 0 aliphatic rings. The molecule has 4 nitrogen and oxygen atoms in total. The van der Waals surface area contributed by atoms with Gasteiger partial charge in [-0.1, -0.05) is 6.58 Å². The molecule has 0 aliphatic heterocycles. The molecular formula is C9H11F5O4. The zero-order chi connectivity index (χ0) is 14.6. The number of esters is 1. The Bertz CT molecular complexity index is 302. The molecule has 0 heterocycles. The van der Waals surface area contributed by atoms with Crippen LogP contribution in [-0.2, 0) is 14.3 Å². The number of hydrogen-bond donors (Lipinski definition) is 1. The van der Waals surface area contributed by atoms with E-state index < -0.39 is 36.9 Å². The van der Waals surface area contributed by atoms with Crippen LogP contribution >= 0.6 is 0 Å². The van der Waals surface area contributed by atoms with Gasteiger partial charge in [0.1, 0.15) is 6.10 Å². The second-order valence-corrected chi connectivity index (χ2v) is 3.22. The molecule has 2 atom stereocenters. The first-order valence-corrected chi connectivity index (χ1v) is 4.53. The predicted octanol–water partition coefficient (Wildman–Crippen LogP) is 1.64. The first kappa shape index (κ1) is 16.8. The van der Waals surface area contributed by atoms with Gasteiger partial charge < -0.3 is 14.6 Å². The number of aliphatic hydroxyl groups is 1. The topological polar surface area (TPSA) is 55.8 Å². The summed E-state index contributed by atoms with van der Waals surface area (Å²) < 4.78 is 69.3. The Kier molecular flexibility index (Phi) is 5.68. The summed E-state index contributed by atoms with van der Waals surface area (Å²) in [5.74, 6) is -6.25. The molecule has 0 rings (SSSR count). The van der Waals surface area contributed by atoms with Crippen molar-refractivity contribution in [2.75, 3.05) is 7.11 Å². The van der Waals surface area contributed by atoms with Crippen molar-refractivity contribution in [3.8, 4) is 0 Å². The number of carbonyl (C=O) groups is 1. The molecule has 106 valence electrons. The third-order valence-corrected chi connectivity index (χ3v) is 1.83. The van der Waals surface area contributed by atoms with E-state index in [1.807, 2.05) is 0 Å². The summed E-state index contributed by atoms with van der Waals surface area (Å²) in [6, 6.07) is 0. The first-order chi connectivity index (χ1) is 8.05. The lowest BCUT2D eigenvalue weighted by atomic mass is 10.1. The maximum absolute atomic E-state index is 12.6. The molecule has 0 aromatic rings. The van der Waals surface area contributed by atoms with E-state index in [1.54, 1.807) is 0 Å². The Hall–Kier alpha value is -1.22. The Morgan fingerprint density at radius 3 is 2.22 bits per heavy atom. The second kappa shape index (κ2) is 6.10. The molecule has 0 aromatic heterocycles. The standard InChI is InChI=1S/C9H11F5O4/c1-3-6(16)18-7(17-2)5(15)4-8(10,11)9(12,13)14/h3,5,7,15H,1,4H2,2H3. The smallest absolute Gasteiger partial charge is 0.430 e. The fraction of sp³-hybridized carbons (Fsp3) is 0.667. The van der Waals surface area contributed by atoms with Crippen LogP contribution in [0.3, 0.4) is 0 Å². The number of rotatable bonds is 6. The molecule has 0 aliphatic carbocycles. The summed E-state index contributed by atoms with van der Waals surface area (Å²) in [7, 11) is 0.871. The van der Waals surface area contributed by atoms with Crippen molar-refractivity contribution in [1.29, 1.82) is 0 Å². The quantitative estimate of drug-likeness (QED) is 0.347. The second-order valence-electron chi connectivity index (χ2n) is 3.22. The average molecular weight is 278 g/mol. The number of hydrogen-bond acceptors (Lipinski definition) is 4. The minimum atomic E-state index is -5.81. The van der Waals surface area contributed by atoms with E-state index in [0.29, 0.717) is 6.08 Å². The highest BCUT2D eigenvalue weighted by Gasteiger charge is 2.58. The van der Waals surface area contributed by atoms with Crippen LogP contribution in [0.15, 0.2) is 12.7 Å². The van der Waals surface area contributed by atoms with E-state index in [4.69, 9.17) is 5.11 Å². The zero-order valence-electron chi connectivity index (χ0n) is 9.21. The van der Waals surface area contributed by atoms with Gasteiger partial charge in [0.15, 0.2) is 0 Å². The van der Waals surface area contributed by atoms with Crippen LogP contribution in [0.2, 0.25) is 0 Å². The van der Waals surface area contributed by atoms with Crippen molar-refractivity contribution in [2.45, 2.75) is 30.9 Å². The van der Waals surface area contributed by atoms with Gasteiger partial charge in [-0.15, -0.1) is 0 Å². The van der Waals surface area contributed by atoms with E-state index >= 15 is 0 Å². The SMILES string of the molecule is C=CC(=O)OC(OC)C(O)CC(F)(F)C(F)(F)F. The monoisotopic (exact) mass is 278 g/mol. The number of halogens is 5. The van der Waals surface area contributed by atoms with Gasteiger partial charge in [-0.05, 0) is 0 Å². The lowest BCUT2D eigenvalue weighted by molar-refractivity contribution is -0.298. The van der Waals surface area contributed by atoms with Crippen LogP contribution in [0.4, 0.5) is 22.0 Å². The van der Waals surface area contributed by atoms with Gasteiger partial charge in [-0.2, -0.15) is 22.0 Å². The van der Waals surface area contributed by atoms with Crippen molar-refractivity contribution in [3.63, 3.8) is 0 Å². The summed E-state index contributed by atoms with van der Waals surface area (Å²) in [4.78, 5) is 10.7. The summed E-state index contributed by atoms with van der Waals surface area (Å²) in [5.41, 5.74) is 0. The van der Waals surface area contributed by atoms with Crippen molar-refractivity contribution in [2.24, 2.45) is 0 Å². The van der Waals surface area contributed by atoms with Crippen molar-refractivity contribution in [3.05, 3.63) is 12.7 Å². The molecule has 0 saturated heterocycles. The van der Waals surface area contributed by atoms with Gasteiger partial charge in [-0.25, -0.2) is 4.79 Å². The van der Waals surface area contributed by atoms with Crippen molar-refractivity contribution >= 4 is 5.97 Å². The van der Waals surface area contributed by atoms with Crippen LogP contribution in [0.1, 0.15) is 6.42 Å². The molecule has 0 saturated carbocycles. The fourth-order valence-corrected chi connectivity index (χ4v) is 0.921. The largest absolute Gasteiger partial charge is 0.453 e. The summed E-state index contributed by atoms with van der Waals surface area (Å²) in [5, 5.41) is 9.14. The van der Waals surface area contributed by atoms with E-state index in [0.717, 1.165) is 7.11 Å². The van der Waals surface area contributed by atoms with Crippen LogP contribution < -0.4 is 0 Å². The molecule has 0 fully saturated rings. The van der Waals surface area contributed by atoms with Gasteiger partial charge in [-0.3, -0.25) is 0 Å². The van der Waals surface area contributed by atoms with Crippen LogP contribution in [0.5, 0.6) is 0 Å². The summed E-state index contributed by atoms with van der Waals surface area (Å²) >= 11 is 0. The zero-order valence-corrected chi connectivity index (χ0v) is 9.21. The predicted molar refractivity (Wildman–Crippen MR) is 48.7 cm³/mol. The number of aliphatic hydroxyl groups excluding tert-OH is 1. The van der Waals surface area contributed by atoms with Gasteiger partial charge in [0.25, 0.3) is 0 Å². The molecule has 18 heavy (non-hydrogen) atoms. The minimum absolute atomic E-state index is 0.640. The third-order valence-electron chi connectivity index (χ3n) is 1.83. The Morgan fingerprint density at radius 2 is 1.89 bits per heavy atom. The van der Waals surface area contributed by atoms with Gasteiger partial charge in [0.05, 0.1) is 6.42 Å². The van der Waals surface area contributed by atoms with E-state index in [-0.39, 0.29) is 0 Å². The highest BCUT2D eigenvalue weighted by Crippen LogP contribution is 2.39. The van der Waals surface area contributed by atoms with Crippen LogP contribution in [0.25, 0.3) is 0 Å². The highest BCUT2D eigenvalue weighted by atomic mass is 19.4. The number of ether oxygens (including phenoxy) is 2. The maximum atomic E-state index is 12.6. The maximum Gasteiger partial charge on any atom is 0.453 e. The Morgan fingerprint density at radius 1 is 1.39 bits per heavy atom.